The van der Waals surface area contributed by atoms with Gasteiger partial charge in [0.15, 0.2) is 0 Å². The molecule has 0 spiro atoms. The maximum absolute atomic E-state index is 12.9. The average Bonchev–Trinajstić information content (AvgIpc) is 2.93. The second-order valence-corrected chi connectivity index (χ2v) is 6.10. The highest BCUT2D eigenvalue weighted by atomic mass is 35.5. The molecule has 150 valence electrons. The van der Waals surface area contributed by atoms with Crippen LogP contribution in [0.2, 0.25) is 5.02 Å². The van der Waals surface area contributed by atoms with E-state index in [9.17, 15) is 32.9 Å². The SMILES string of the molecule is O=C1NC(=O)/C(=C/c2ccc(Oc3ccc(C(F)(F)F)c([N+](=O)[O-])c3)c(Cl)c2)N1. The first-order valence-electron chi connectivity index (χ1n) is 7.71. The second kappa shape index (κ2) is 7.43. The van der Waals surface area contributed by atoms with E-state index in [0.717, 1.165) is 6.07 Å². The van der Waals surface area contributed by atoms with Crippen molar-refractivity contribution in [1.82, 2.24) is 10.6 Å². The van der Waals surface area contributed by atoms with Crippen LogP contribution in [-0.2, 0) is 11.0 Å². The molecule has 1 aliphatic heterocycles. The summed E-state index contributed by atoms with van der Waals surface area (Å²) in [6.45, 7) is 0. The van der Waals surface area contributed by atoms with Crippen molar-refractivity contribution in [2.24, 2.45) is 0 Å². The minimum atomic E-state index is -4.89. The summed E-state index contributed by atoms with van der Waals surface area (Å²) in [7, 11) is 0. The van der Waals surface area contributed by atoms with Gasteiger partial charge < -0.3 is 10.1 Å². The van der Waals surface area contributed by atoms with Crippen molar-refractivity contribution in [1.29, 1.82) is 0 Å². The van der Waals surface area contributed by atoms with E-state index in [0.29, 0.717) is 17.7 Å². The Morgan fingerprint density at radius 2 is 1.83 bits per heavy atom. The maximum Gasteiger partial charge on any atom is 0.423 e. The van der Waals surface area contributed by atoms with Crippen molar-refractivity contribution in [3.63, 3.8) is 0 Å². The summed E-state index contributed by atoms with van der Waals surface area (Å²) in [5, 5.41) is 15.3. The van der Waals surface area contributed by atoms with E-state index in [1.165, 1.54) is 24.3 Å². The van der Waals surface area contributed by atoms with E-state index < -0.39 is 34.3 Å². The van der Waals surface area contributed by atoms with Gasteiger partial charge in [0.1, 0.15) is 22.8 Å². The van der Waals surface area contributed by atoms with Gasteiger partial charge in [-0.05, 0) is 35.9 Å². The quantitative estimate of drug-likeness (QED) is 0.328. The number of ether oxygens (including phenoxy) is 1. The monoisotopic (exact) mass is 427 g/mol. The highest BCUT2D eigenvalue weighted by Crippen LogP contribution is 2.39. The number of carbonyl (C=O) groups is 2. The zero-order valence-corrected chi connectivity index (χ0v) is 14.8. The van der Waals surface area contributed by atoms with Gasteiger partial charge in [0.25, 0.3) is 11.6 Å². The highest BCUT2D eigenvalue weighted by molar-refractivity contribution is 6.32. The number of hydrogen-bond acceptors (Lipinski definition) is 5. The summed E-state index contributed by atoms with van der Waals surface area (Å²) < 4.78 is 44.0. The summed E-state index contributed by atoms with van der Waals surface area (Å²) in [5.74, 6) is -0.827. The fourth-order valence-corrected chi connectivity index (χ4v) is 2.66. The van der Waals surface area contributed by atoms with Gasteiger partial charge in [-0.2, -0.15) is 13.2 Å². The molecule has 0 atom stereocenters. The topological polar surface area (TPSA) is 111 Å². The number of rotatable bonds is 4. The highest BCUT2D eigenvalue weighted by Gasteiger charge is 2.38. The number of nitrogens with zero attached hydrogens (tertiary/aromatic N) is 1. The molecule has 1 fully saturated rings. The lowest BCUT2D eigenvalue weighted by Gasteiger charge is -2.11. The first kappa shape index (κ1) is 20.1. The molecule has 0 bridgehead atoms. The van der Waals surface area contributed by atoms with Crippen molar-refractivity contribution in [3.05, 3.63) is 68.4 Å². The number of alkyl halides is 3. The Labute approximate surface area is 165 Å². The predicted molar refractivity (Wildman–Crippen MR) is 94.3 cm³/mol. The first-order chi connectivity index (χ1) is 13.5. The Morgan fingerprint density at radius 3 is 2.38 bits per heavy atom. The molecule has 29 heavy (non-hydrogen) atoms. The summed E-state index contributed by atoms with van der Waals surface area (Å²) >= 11 is 6.08. The van der Waals surface area contributed by atoms with Crippen LogP contribution in [0, 0.1) is 10.1 Å². The Kier molecular flexibility index (Phi) is 5.16. The van der Waals surface area contributed by atoms with Gasteiger partial charge >= 0.3 is 12.2 Å². The molecule has 2 N–H and O–H groups in total. The molecule has 2 aromatic rings. The van der Waals surface area contributed by atoms with Gasteiger partial charge in [0.2, 0.25) is 0 Å². The molecule has 0 saturated carbocycles. The van der Waals surface area contributed by atoms with Gasteiger partial charge in [-0.3, -0.25) is 20.2 Å². The molecule has 0 aromatic heterocycles. The number of halogens is 4. The number of benzene rings is 2. The van der Waals surface area contributed by atoms with Crippen LogP contribution in [0.25, 0.3) is 6.08 Å². The van der Waals surface area contributed by atoms with E-state index in [1.54, 1.807) is 0 Å². The summed E-state index contributed by atoms with van der Waals surface area (Å²) in [5.41, 5.74) is -2.14. The van der Waals surface area contributed by atoms with Crippen LogP contribution in [0.15, 0.2) is 42.1 Å². The number of nitrogens with one attached hydrogen (secondary N) is 2. The smallest absolute Gasteiger partial charge is 0.423 e. The van der Waals surface area contributed by atoms with E-state index in [4.69, 9.17) is 16.3 Å². The maximum atomic E-state index is 12.9. The Hall–Kier alpha value is -3.60. The van der Waals surface area contributed by atoms with Crippen LogP contribution in [0.3, 0.4) is 0 Å². The predicted octanol–water partition coefficient (Wildman–Crippen LogP) is 4.24. The van der Waals surface area contributed by atoms with Crippen molar-refractivity contribution in [3.8, 4) is 11.5 Å². The van der Waals surface area contributed by atoms with Crippen molar-refractivity contribution >= 4 is 35.3 Å². The van der Waals surface area contributed by atoms with Gasteiger partial charge in [-0.25, -0.2) is 4.79 Å². The molecule has 3 amide bonds. The van der Waals surface area contributed by atoms with E-state index in [-0.39, 0.29) is 22.2 Å². The van der Waals surface area contributed by atoms with Crippen LogP contribution in [0.5, 0.6) is 11.5 Å². The van der Waals surface area contributed by atoms with Crippen LogP contribution in [-0.4, -0.2) is 16.9 Å². The van der Waals surface area contributed by atoms with E-state index in [2.05, 4.69) is 5.32 Å². The molecule has 0 aliphatic carbocycles. The molecule has 0 radical (unpaired) electrons. The Morgan fingerprint density at radius 1 is 1.10 bits per heavy atom. The van der Waals surface area contributed by atoms with Gasteiger partial charge in [0.05, 0.1) is 16.0 Å². The Bertz CT molecular complexity index is 1070. The minimum absolute atomic E-state index is 0.00176. The molecule has 1 saturated heterocycles. The van der Waals surface area contributed by atoms with Crippen molar-refractivity contribution in [2.45, 2.75) is 6.18 Å². The second-order valence-electron chi connectivity index (χ2n) is 5.69. The standard InChI is InChI=1S/C17H9ClF3N3O5/c18-11-5-8(6-12-15(25)23-16(26)22-12)1-4-14(11)29-9-2-3-10(17(19,20)21)13(7-9)24(27)28/h1-7H,(H2,22,23,25,26)/b12-6-. The van der Waals surface area contributed by atoms with Crippen molar-refractivity contribution < 1.29 is 32.4 Å². The number of nitro benzene ring substituents is 1. The van der Waals surface area contributed by atoms with Gasteiger partial charge in [-0.1, -0.05) is 17.7 Å². The lowest BCUT2D eigenvalue weighted by atomic mass is 10.1. The van der Waals surface area contributed by atoms with Crippen molar-refractivity contribution in [2.75, 3.05) is 0 Å². The number of urea groups is 1. The molecule has 1 heterocycles. The zero-order valence-electron chi connectivity index (χ0n) is 14.0. The third kappa shape index (κ3) is 4.46. The summed E-state index contributed by atoms with van der Waals surface area (Å²) in [6.07, 6.45) is -3.55. The first-order valence-corrected chi connectivity index (χ1v) is 8.09. The van der Waals surface area contributed by atoms with Crippen LogP contribution in [0.1, 0.15) is 11.1 Å². The van der Waals surface area contributed by atoms with Gasteiger partial charge in [-0.15, -0.1) is 0 Å². The summed E-state index contributed by atoms with van der Waals surface area (Å²) in [6, 6.07) is 5.64. The molecule has 3 rings (SSSR count). The third-order valence-corrected chi connectivity index (χ3v) is 3.98. The number of amides is 3. The normalized spacial score (nSPS) is 15.2. The molecule has 1 aliphatic rings. The molecular weight excluding hydrogens is 419 g/mol. The fraction of sp³-hybridized carbons (Fsp3) is 0.0588. The molecule has 8 nitrogen and oxygen atoms in total. The lowest BCUT2D eigenvalue weighted by Crippen LogP contribution is -2.22. The summed E-state index contributed by atoms with van der Waals surface area (Å²) in [4.78, 5) is 32.4. The van der Waals surface area contributed by atoms with Gasteiger partial charge in [0, 0.05) is 0 Å². The van der Waals surface area contributed by atoms with E-state index in [1.807, 2.05) is 5.32 Å². The lowest BCUT2D eigenvalue weighted by molar-refractivity contribution is -0.388. The van der Waals surface area contributed by atoms with Crippen LogP contribution >= 0.6 is 11.6 Å². The number of carbonyl (C=O) groups excluding carboxylic acids is 2. The number of nitro groups is 1. The molecule has 12 heteroatoms. The molecule has 0 unspecified atom stereocenters. The average molecular weight is 428 g/mol. The van der Waals surface area contributed by atoms with Crippen LogP contribution < -0.4 is 15.4 Å². The fourth-order valence-electron chi connectivity index (χ4n) is 2.43. The van der Waals surface area contributed by atoms with Crippen LogP contribution in [0.4, 0.5) is 23.7 Å². The number of hydrogen-bond donors (Lipinski definition) is 2. The zero-order chi connectivity index (χ0) is 21.3. The largest absolute Gasteiger partial charge is 0.456 e. The van der Waals surface area contributed by atoms with E-state index >= 15 is 0 Å². The minimum Gasteiger partial charge on any atom is -0.456 e. The molecular formula is C17H9ClF3N3O5. The number of imide groups is 1. The molecule has 2 aromatic carbocycles. The third-order valence-electron chi connectivity index (χ3n) is 3.69. The Balaban J connectivity index is 1.87.